The van der Waals surface area contributed by atoms with Crippen molar-refractivity contribution >= 4 is 5.69 Å². The van der Waals surface area contributed by atoms with E-state index in [1.165, 1.54) is 19.3 Å². The van der Waals surface area contributed by atoms with Crippen LogP contribution in [0.4, 0.5) is 5.69 Å². The van der Waals surface area contributed by atoms with Gasteiger partial charge >= 0.3 is 0 Å². The number of hydrogen-bond acceptors (Lipinski definition) is 4. The molecule has 0 radical (unpaired) electrons. The van der Waals surface area contributed by atoms with Crippen molar-refractivity contribution in [2.24, 2.45) is 5.92 Å². The third-order valence-electron chi connectivity index (χ3n) is 3.89. The Morgan fingerprint density at radius 3 is 2.74 bits per heavy atom. The van der Waals surface area contributed by atoms with Crippen LogP contribution in [-0.2, 0) is 0 Å². The molecular formula is C15H19N3O. The quantitative estimate of drug-likeness (QED) is 0.912. The van der Waals surface area contributed by atoms with E-state index in [-0.39, 0.29) is 0 Å². The van der Waals surface area contributed by atoms with E-state index in [4.69, 9.17) is 4.42 Å². The van der Waals surface area contributed by atoms with Gasteiger partial charge in [-0.1, -0.05) is 25.5 Å². The smallest absolute Gasteiger partial charge is 0.249 e. The summed E-state index contributed by atoms with van der Waals surface area (Å²) in [5.41, 5.74) is 2.08. The molecule has 100 valence electrons. The molecule has 1 aliphatic carbocycles. The molecule has 1 aromatic heterocycles. The van der Waals surface area contributed by atoms with Crippen LogP contribution in [0.25, 0.3) is 11.5 Å². The summed E-state index contributed by atoms with van der Waals surface area (Å²) in [7, 11) is 0. The van der Waals surface area contributed by atoms with Crippen molar-refractivity contribution in [1.82, 2.24) is 10.2 Å². The van der Waals surface area contributed by atoms with E-state index < -0.39 is 0 Å². The first-order valence-corrected chi connectivity index (χ1v) is 6.90. The largest absolute Gasteiger partial charge is 0.421 e. The van der Waals surface area contributed by atoms with Crippen molar-refractivity contribution in [3.63, 3.8) is 0 Å². The molecule has 3 rings (SSSR count). The summed E-state index contributed by atoms with van der Waals surface area (Å²) in [5, 5.41) is 11.7. The highest BCUT2D eigenvalue weighted by molar-refractivity contribution is 5.72. The molecule has 2 unspecified atom stereocenters. The van der Waals surface area contributed by atoms with Crippen LogP contribution in [0.1, 0.15) is 32.1 Å². The average molecular weight is 257 g/mol. The Labute approximate surface area is 113 Å². The maximum absolute atomic E-state index is 5.54. The zero-order valence-electron chi connectivity index (χ0n) is 11.4. The summed E-state index contributed by atoms with van der Waals surface area (Å²) in [6.07, 6.45) is 3.85. The van der Waals surface area contributed by atoms with Crippen LogP contribution < -0.4 is 5.32 Å². The first-order chi connectivity index (χ1) is 9.24. The van der Waals surface area contributed by atoms with E-state index in [0.29, 0.717) is 17.8 Å². The molecule has 0 aliphatic heterocycles. The average Bonchev–Trinajstić information content (AvgIpc) is 3.00. The second-order valence-electron chi connectivity index (χ2n) is 5.33. The number of anilines is 1. The number of hydrogen-bond donors (Lipinski definition) is 1. The Morgan fingerprint density at radius 1 is 1.21 bits per heavy atom. The molecule has 4 heteroatoms. The Kier molecular flexibility index (Phi) is 3.23. The highest BCUT2D eigenvalue weighted by Gasteiger charge is 2.24. The van der Waals surface area contributed by atoms with Gasteiger partial charge < -0.3 is 9.73 Å². The Balaban J connectivity index is 1.89. The van der Waals surface area contributed by atoms with Gasteiger partial charge in [-0.25, -0.2) is 0 Å². The molecule has 0 saturated heterocycles. The van der Waals surface area contributed by atoms with Gasteiger partial charge in [0.2, 0.25) is 11.8 Å². The lowest BCUT2D eigenvalue weighted by atomic mass is 10.1. The lowest BCUT2D eigenvalue weighted by Crippen LogP contribution is -2.22. The first kappa shape index (κ1) is 12.2. The minimum Gasteiger partial charge on any atom is -0.421 e. The van der Waals surface area contributed by atoms with E-state index in [1.807, 2.05) is 25.1 Å². The Morgan fingerprint density at radius 2 is 2.05 bits per heavy atom. The third kappa shape index (κ3) is 2.48. The molecule has 0 bridgehead atoms. The second-order valence-corrected chi connectivity index (χ2v) is 5.33. The van der Waals surface area contributed by atoms with Crippen LogP contribution in [0.5, 0.6) is 0 Å². The summed E-state index contributed by atoms with van der Waals surface area (Å²) in [6, 6.07) is 8.69. The van der Waals surface area contributed by atoms with Crippen molar-refractivity contribution in [2.75, 3.05) is 5.32 Å². The summed E-state index contributed by atoms with van der Waals surface area (Å²) >= 11 is 0. The Hall–Kier alpha value is -1.84. The number of rotatable bonds is 3. The maximum Gasteiger partial charge on any atom is 0.249 e. The van der Waals surface area contributed by atoms with Crippen molar-refractivity contribution in [3.8, 4) is 11.5 Å². The van der Waals surface area contributed by atoms with Gasteiger partial charge in [-0.2, -0.15) is 0 Å². The van der Waals surface area contributed by atoms with E-state index in [9.17, 15) is 0 Å². The molecule has 2 aromatic rings. The molecule has 1 N–H and O–H groups in total. The predicted octanol–water partition coefficient (Wildman–Crippen LogP) is 3.65. The zero-order chi connectivity index (χ0) is 13.2. The van der Waals surface area contributed by atoms with E-state index in [2.05, 4.69) is 28.5 Å². The van der Waals surface area contributed by atoms with Gasteiger partial charge in [-0.05, 0) is 30.9 Å². The van der Waals surface area contributed by atoms with Gasteiger partial charge in [-0.3, -0.25) is 0 Å². The number of para-hydroxylation sites is 1. The molecule has 1 aliphatic rings. The van der Waals surface area contributed by atoms with Crippen molar-refractivity contribution in [1.29, 1.82) is 0 Å². The fourth-order valence-corrected chi connectivity index (χ4v) is 2.76. The van der Waals surface area contributed by atoms with Crippen LogP contribution in [-0.4, -0.2) is 16.2 Å². The standard InChI is InChI=1S/C15H19N3O/c1-10-6-5-9-13(10)16-14-8-4-3-7-12(14)15-18-17-11(2)19-15/h3-4,7-8,10,13,16H,5-6,9H2,1-2H3. The lowest BCUT2D eigenvalue weighted by Gasteiger charge is -2.20. The summed E-state index contributed by atoms with van der Waals surface area (Å²) in [4.78, 5) is 0. The molecule has 2 atom stereocenters. The molecule has 1 saturated carbocycles. The van der Waals surface area contributed by atoms with Crippen LogP contribution in [0.15, 0.2) is 28.7 Å². The highest BCUT2D eigenvalue weighted by Crippen LogP contribution is 2.32. The third-order valence-corrected chi connectivity index (χ3v) is 3.89. The maximum atomic E-state index is 5.54. The van der Waals surface area contributed by atoms with E-state index in [1.54, 1.807) is 0 Å². The van der Waals surface area contributed by atoms with Crippen LogP contribution in [0, 0.1) is 12.8 Å². The number of nitrogens with zero attached hydrogens (tertiary/aromatic N) is 2. The number of nitrogens with one attached hydrogen (secondary N) is 1. The predicted molar refractivity (Wildman–Crippen MR) is 74.9 cm³/mol. The van der Waals surface area contributed by atoms with Gasteiger partial charge in [0.15, 0.2) is 0 Å². The molecule has 1 fully saturated rings. The first-order valence-electron chi connectivity index (χ1n) is 6.90. The van der Waals surface area contributed by atoms with Gasteiger partial charge in [0.1, 0.15) is 0 Å². The van der Waals surface area contributed by atoms with Crippen molar-refractivity contribution in [3.05, 3.63) is 30.2 Å². The van der Waals surface area contributed by atoms with Gasteiger partial charge in [0, 0.05) is 18.7 Å². The van der Waals surface area contributed by atoms with Gasteiger partial charge in [0.25, 0.3) is 0 Å². The molecule has 0 amide bonds. The number of aromatic nitrogens is 2. The number of benzene rings is 1. The van der Waals surface area contributed by atoms with Gasteiger partial charge in [-0.15, -0.1) is 10.2 Å². The lowest BCUT2D eigenvalue weighted by molar-refractivity contribution is 0.532. The van der Waals surface area contributed by atoms with Crippen molar-refractivity contribution < 1.29 is 4.42 Å². The SMILES string of the molecule is Cc1nnc(-c2ccccc2NC2CCCC2C)o1. The van der Waals surface area contributed by atoms with Crippen molar-refractivity contribution in [2.45, 2.75) is 39.2 Å². The fraction of sp³-hybridized carbons (Fsp3) is 0.467. The minimum atomic E-state index is 0.546. The molecular weight excluding hydrogens is 238 g/mol. The molecule has 19 heavy (non-hydrogen) atoms. The minimum absolute atomic E-state index is 0.546. The second kappa shape index (κ2) is 5.03. The summed E-state index contributed by atoms with van der Waals surface area (Å²) in [5.74, 6) is 1.91. The monoisotopic (exact) mass is 257 g/mol. The highest BCUT2D eigenvalue weighted by atomic mass is 16.4. The molecule has 0 spiro atoms. The van der Waals surface area contributed by atoms with E-state index >= 15 is 0 Å². The van der Waals surface area contributed by atoms with Crippen LogP contribution in [0.2, 0.25) is 0 Å². The molecule has 1 heterocycles. The summed E-state index contributed by atoms with van der Waals surface area (Å²) in [6.45, 7) is 4.12. The topological polar surface area (TPSA) is 51.0 Å². The molecule has 1 aromatic carbocycles. The number of aryl methyl sites for hydroxylation is 1. The van der Waals surface area contributed by atoms with Crippen LogP contribution in [0.3, 0.4) is 0 Å². The molecule has 4 nitrogen and oxygen atoms in total. The van der Waals surface area contributed by atoms with Gasteiger partial charge in [0.05, 0.1) is 5.56 Å². The zero-order valence-corrected chi connectivity index (χ0v) is 11.4. The fourth-order valence-electron chi connectivity index (χ4n) is 2.76. The van der Waals surface area contributed by atoms with Crippen LogP contribution >= 0.6 is 0 Å². The normalized spacial score (nSPS) is 22.6. The van der Waals surface area contributed by atoms with E-state index in [0.717, 1.165) is 17.2 Å². The summed E-state index contributed by atoms with van der Waals surface area (Å²) < 4.78 is 5.54. The Bertz CT molecular complexity index is 564.